The van der Waals surface area contributed by atoms with Gasteiger partial charge in [0, 0.05) is 36.7 Å². The van der Waals surface area contributed by atoms with Crippen LogP contribution in [0.3, 0.4) is 0 Å². The second-order valence-corrected chi connectivity index (χ2v) is 7.47. The number of carboxylic acid groups (broad SMARTS) is 1. The molecular formula is C21H26N4O4. The zero-order valence-corrected chi connectivity index (χ0v) is 16.7. The van der Waals surface area contributed by atoms with Gasteiger partial charge >= 0.3 is 5.97 Å². The lowest BCUT2D eigenvalue weighted by atomic mass is 9.96. The van der Waals surface area contributed by atoms with E-state index >= 15 is 0 Å². The maximum absolute atomic E-state index is 12.7. The minimum atomic E-state index is -0.834. The van der Waals surface area contributed by atoms with Crippen LogP contribution < -0.4 is 5.73 Å². The Morgan fingerprint density at radius 1 is 1.14 bits per heavy atom. The highest BCUT2D eigenvalue weighted by Gasteiger charge is 2.26. The van der Waals surface area contributed by atoms with E-state index in [1.807, 2.05) is 26.0 Å². The number of hydrogen-bond acceptors (Lipinski definition) is 4. The number of aliphatic carboxylic acids is 1. The number of piperidine rings is 1. The number of rotatable bonds is 6. The molecule has 0 atom stereocenters. The molecular weight excluding hydrogens is 372 g/mol. The van der Waals surface area contributed by atoms with Crippen molar-refractivity contribution in [2.45, 2.75) is 39.5 Å². The summed E-state index contributed by atoms with van der Waals surface area (Å²) in [6, 6.07) is 7.21. The molecule has 1 saturated heterocycles. The summed E-state index contributed by atoms with van der Waals surface area (Å²) in [6.45, 7) is 4.84. The van der Waals surface area contributed by atoms with Gasteiger partial charge in [0.25, 0.3) is 5.91 Å². The summed E-state index contributed by atoms with van der Waals surface area (Å²) in [5.74, 6) is -1.34. The number of carbonyl (C=O) groups is 3. The minimum absolute atomic E-state index is 0.0602. The first kappa shape index (κ1) is 20.6. The molecule has 0 aliphatic carbocycles. The van der Waals surface area contributed by atoms with Gasteiger partial charge in [-0.2, -0.15) is 5.10 Å². The van der Waals surface area contributed by atoms with Gasteiger partial charge in [0.2, 0.25) is 5.91 Å². The summed E-state index contributed by atoms with van der Waals surface area (Å²) in [5, 5.41) is 13.5. The fraction of sp³-hybridized carbons (Fsp3) is 0.429. The van der Waals surface area contributed by atoms with E-state index in [0.717, 1.165) is 22.6 Å². The van der Waals surface area contributed by atoms with Gasteiger partial charge in [0.15, 0.2) is 0 Å². The number of aryl methyl sites for hydroxylation is 1. The lowest BCUT2D eigenvalue weighted by Gasteiger charge is -2.30. The predicted octanol–water partition coefficient (Wildman–Crippen LogP) is 1.84. The summed E-state index contributed by atoms with van der Waals surface area (Å²) in [4.78, 5) is 36.6. The summed E-state index contributed by atoms with van der Waals surface area (Å²) in [6.07, 6.45) is 1.70. The van der Waals surface area contributed by atoms with E-state index < -0.39 is 5.97 Å². The zero-order chi connectivity index (χ0) is 21.1. The fourth-order valence-corrected chi connectivity index (χ4v) is 3.81. The molecule has 0 radical (unpaired) electrons. The number of carboxylic acids is 1. The van der Waals surface area contributed by atoms with Gasteiger partial charge in [-0.15, -0.1) is 0 Å². The normalized spacial score (nSPS) is 14.8. The van der Waals surface area contributed by atoms with Crippen molar-refractivity contribution in [3.8, 4) is 5.69 Å². The fourth-order valence-electron chi connectivity index (χ4n) is 3.81. The molecule has 0 bridgehead atoms. The molecule has 8 nitrogen and oxygen atoms in total. The van der Waals surface area contributed by atoms with Crippen LogP contribution in [0.2, 0.25) is 0 Å². The van der Waals surface area contributed by atoms with Crippen LogP contribution in [-0.2, 0) is 16.0 Å². The first-order valence-electron chi connectivity index (χ1n) is 9.74. The van der Waals surface area contributed by atoms with Crippen molar-refractivity contribution in [1.82, 2.24) is 14.7 Å². The van der Waals surface area contributed by atoms with Crippen LogP contribution in [0, 0.1) is 19.8 Å². The Morgan fingerprint density at radius 3 is 2.31 bits per heavy atom. The van der Waals surface area contributed by atoms with Gasteiger partial charge in [-0.1, -0.05) is 0 Å². The Labute approximate surface area is 169 Å². The third-order valence-electron chi connectivity index (χ3n) is 5.57. The summed E-state index contributed by atoms with van der Waals surface area (Å²) in [5.41, 5.74) is 9.39. The van der Waals surface area contributed by atoms with Gasteiger partial charge in [-0.3, -0.25) is 14.4 Å². The van der Waals surface area contributed by atoms with Gasteiger partial charge in [0.05, 0.1) is 11.4 Å². The van der Waals surface area contributed by atoms with E-state index in [2.05, 4.69) is 5.10 Å². The minimum Gasteiger partial charge on any atom is -0.481 e. The van der Waals surface area contributed by atoms with Crippen LogP contribution in [0.5, 0.6) is 0 Å². The molecule has 2 amide bonds. The molecule has 1 fully saturated rings. The Hall–Kier alpha value is -3.16. The second-order valence-electron chi connectivity index (χ2n) is 7.47. The highest BCUT2D eigenvalue weighted by atomic mass is 16.4. The van der Waals surface area contributed by atoms with Gasteiger partial charge < -0.3 is 15.7 Å². The zero-order valence-electron chi connectivity index (χ0n) is 16.7. The third kappa shape index (κ3) is 4.47. The molecule has 1 aliphatic heterocycles. The average molecular weight is 398 g/mol. The molecule has 0 unspecified atom stereocenters. The standard InChI is InChI=1S/C21H26N4O4/c1-13-18(7-8-19(26)27)14(2)25(23-13)17-5-3-16(4-6-17)21(29)24-11-9-15(10-12-24)20(22)28/h3-6,15H,7-12H2,1-2H3,(H2,22,28)(H,26,27). The van der Waals surface area contributed by atoms with E-state index in [-0.39, 0.29) is 24.2 Å². The Balaban J connectivity index is 1.72. The molecule has 8 heteroatoms. The average Bonchev–Trinajstić information content (AvgIpc) is 2.99. The summed E-state index contributed by atoms with van der Waals surface area (Å²) < 4.78 is 1.78. The van der Waals surface area contributed by atoms with Crippen LogP contribution >= 0.6 is 0 Å². The first-order chi connectivity index (χ1) is 13.8. The molecule has 2 heterocycles. The quantitative estimate of drug-likeness (QED) is 0.770. The van der Waals surface area contributed by atoms with E-state index in [1.165, 1.54) is 0 Å². The molecule has 1 aliphatic rings. The largest absolute Gasteiger partial charge is 0.481 e. The Kier molecular flexibility index (Phi) is 6.00. The number of carbonyl (C=O) groups excluding carboxylic acids is 2. The number of nitrogens with zero attached hydrogens (tertiary/aromatic N) is 3. The van der Waals surface area contributed by atoms with E-state index in [4.69, 9.17) is 10.8 Å². The number of primary amides is 1. The lowest BCUT2D eigenvalue weighted by molar-refractivity contribution is -0.137. The molecule has 154 valence electrons. The molecule has 1 aromatic carbocycles. The molecule has 0 spiro atoms. The maximum atomic E-state index is 12.7. The SMILES string of the molecule is Cc1nn(-c2ccc(C(=O)N3CCC(C(N)=O)CC3)cc2)c(C)c1CCC(=O)O. The van der Waals surface area contributed by atoms with Crippen LogP contribution in [0.1, 0.15) is 46.6 Å². The van der Waals surface area contributed by atoms with Crippen LogP contribution in [0.15, 0.2) is 24.3 Å². The highest BCUT2D eigenvalue weighted by Crippen LogP contribution is 2.22. The number of aromatic nitrogens is 2. The molecule has 0 saturated carbocycles. The third-order valence-corrected chi connectivity index (χ3v) is 5.57. The van der Waals surface area contributed by atoms with Crippen molar-refractivity contribution >= 4 is 17.8 Å². The molecule has 29 heavy (non-hydrogen) atoms. The second kappa shape index (κ2) is 8.46. The van der Waals surface area contributed by atoms with Crippen LogP contribution in [0.4, 0.5) is 0 Å². The maximum Gasteiger partial charge on any atom is 0.303 e. The molecule has 3 N–H and O–H groups in total. The molecule has 2 aromatic rings. The van der Waals surface area contributed by atoms with Crippen molar-refractivity contribution in [3.63, 3.8) is 0 Å². The predicted molar refractivity (Wildman–Crippen MR) is 107 cm³/mol. The van der Waals surface area contributed by atoms with Gasteiger partial charge in [-0.05, 0) is 62.9 Å². The molecule has 1 aromatic heterocycles. The number of nitrogens with two attached hydrogens (primary N) is 1. The Morgan fingerprint density at radius 2 is 1.76 bits per heavy atom. The first-order valence-corrected chi connectivity index (χ1v) is 9.74. The van der Waals surface area contributed by atoms with Crippen molar-refractivity contribution in [1.29, 1.82) is 0 Å². The summed E-state index contributed by atoms with van der Waals surface area (Å²) >= 11 is 0. The lowest BCUT2D eigenvalue weighted by Crippen LogP contribution is -2.41. The van der Waals surface area contributed by atoms with Crippen molar-refractivity contribution in [2.75, 3.05) is 13.1 Å². The van der Waals surface area contributed by atoms with Crippen LogP contribution in [0.25, 0.3) is 5.69 Å². The summed E-state index contributed by atoms with van der Waals surface area (Å²) in [7, 11) is 0. The van der Waals surface area contributed by atoms with Crippen LogP contribution in [-0.4, -0.2) is 50.7 Å². The Bertz CT molecular complexity index is 925. The van der Waals surface area contributed by atoms with Crippen molar-refractivity contribution in [2.24, 2.45) is 11.7 Å². The highest BCUT2D eigenvalue weighted by molar-refractivity contribution is 5.94. The topological polar surface area (TPSA) is 119 Å². The van der Waals surface area contributed by atoms with E-state index in [0.29, 0.717) is 37.9 Å². The van der Waals surface area contributed by atoms with Gasteiger partial charge in [-0.25, -0.2) is 4.68 Å². The number of likely N-dealkylation sites (tertiary alicyclic amines) is 1. The van der Waals surface area contributed by atoms with Crippen molar-refractivity contribution in [3.05, 3.63) is 46.8 Å². The molecule has 3 rings (SSSR count). The van der Waals surface area contributed by atoms with E-state index in [1.54, 1.807) is 21.7 Å². The number of benzene rings is 1. The number of amides is 2. The number of hydrogen-bond donors (Lipinski definition) is 2. The monoisotopic (exact) mass is 398 g/mol. The van der Waals surface area contributed by atoms with E-state index in [9.17, 15) is 14.4 Å². The van der Waals surface area contributed by atoms with Crippen molar-refractivity contribution < 1.29 is 19.5 Å². The van der Waals surface area contributed by atoms with Gasteiger partial charge in [0.1, 0.15) is 0 Å². The smallest absolute Gasteiger partial charge is 0.303 e.